The Labute approximate surface area is 121 Å². The molecule has 0 aromatic heterocycles. The third-order valence-corrected chi connectivity index (χ3v) is 4.63. The Kier molecular flexibility index (Phi) is 4.30. The largest absolute Gasteiger partial charge is 0.454 e. The van der Waals surface area contributed by atoms with E-state index in [-0.39, 0.29) is 16.4 Å². The molecular weight excluding hydrogens is 303 g/mol. The number of halogens is 2. The van der Waals surface area contributed by atoms with E-state index in [1.54, 1.807) is 18.2 Å². The van der Waals surface area contributed by atoms with Gasteiger partial charge in [-0.2, -0.15) is 0 Å². The molecule has 0 aliphatic rings. The summed E-state index contributed by atoms with van der Waals surface area (Å²) in [6.45, 7) is 1.50. The summed E-state index contributed by atoms with van der Waals surface area (Å²) in [4.78, 5) is -0.0593. The van der Waals surface area contributed by atoms with Gasteiger partial charge < -0.3 is 4.74 Å². The van der Waals surface area contributed by atoms with Crippen LogP contribution >= 0.6 is 11.6 Å². The van der Waals surface area contributed by atoms with Crippen molar-refractivity contribution in [1.82, 2.24) is 0 Å². The predicted molar refractivity (Wildman–Crippen MR) is 75.7 cm³/mol. The minimum Gasteiger partial charge on any atom is -0.454 e. The van der Waals surface area contributed by atoms with Crippen LogP contribution in [0.5, 0.6) is 11.5 Å². The zero-order chi connectivity index (χ0) is 14.8. The SMILES string of the molecule is CCS(=O)(=O)c1ccc(Oc2cccc(Cl)c2)c(F)c1. The molecule has 0 atom stereocenters. The lowest BCUT2D eigenvalue weighted by Crippen LogP contribution is -2.04. The van der Waals surface area contributed by atoms with Crippen molar-refractivity contribution in [3.05, 3.63) is 53.3 Å². The summed E-state index contributed by atoms with van der Waals surface area (Å²) in [7, 11) is -3.43. The fraction of sp³-hybridized carbons (Fsp3) is 0.143. The van der Waals surface area contributed by atoms with Gasteiger partial charge >= 0.3 is 0 Å². The van der Waals surface area contributed by atoms with E-state index in [9.17, 15) is 12.8 Å². The molecule has 0 fully saturated rings. The normalized spacial score (nSPS) is 11.3. The van der Waals surface area contributed by atoms with E-state index in [2.05, 4.69) is 0 Å². The van der Waals surface area contributed by atoms with Gasteiger partial charge in [-0.05, 0) is 36.4 Å². The lowest BCUT2D eigenvalue weighted by atomic mass is 10.3. The summed E-state index contributed by atoms with van der Waals surface area (Å²) in [5.74, 6) is -0.495. The highest BCUT2D eigenvalue weighted by Gasteiger charge is 2.15. The molecule has 0 saturated carbocycles. The number of hydrogen-bond donors (Lipinski definition) is 0. The van der Waals surface area contributed by atoms with Crippen LogP contribution in [0, 0.1) is 5.82 Å². The molecule has 0 aliphatic carbocycles. The lowest BCUT2D eigenvalue weighted by Gasteiger charge is -2.08. The maximum absolute atomic E-state index is 13.9. The zero-order valence-corrected chi connectivity index (χ0v) is 12.2. The average Bonchev–Trinajstić information content (AvgIpc) is 2.41. The molecule has 6 heteroatoms. The van der Waals surface area contributed by atoms with Gasteiger partial charge in [-0.1, -0.05) is 24.6 Å². The zero-order valence-electron chi connectivity index (χ0n) is 10.6. The third kappa shape index (κ3) is 3.29. The second-order valence-electron chi connectivity index (χ2n) is 4.06. The van der Waals surface area contributed by atoms with E-state index < -0.39 is 15.7 Å². The Morgan fingerprint density at radius 1 is 1.20 bits per heavy atom. The van der Waals surface area contributed by atoms with Crippen LogP contribution in [0.3, 0.4) is 0 Å². The predicted octanol–water partition coefficient (Wildman–Crippen LogP) is 4.07. The van der Waals surface area contributed by atoms with Crippen LogP contribution in [0.2, 0.25) is 5.02 Å². The van der Waals surface area contributed by atoms with Gasteiger partial charge in [0.05, 0.1) is 10.6 Å². The molecule has 0 unspecified atom stereocenters. The monoisotopic (exact) mass is 314 g/mol. The van der Waals surface area contributed by atoms with Crippen molar-refractivity contribution >= 4 is 21.4 Å². The molecule has 0 bridgehead atoms. The summed E-state index contributed by atoms with van der Waals surface area (Å²) < 4.78 is 42.5. The molecule has 0 N–H and O–H groups in total. The molecule has 3 nitrogen and oxygen atoms in total. The molecule has 0 amide bonds. The molecule has 2 rings (SSSR count). The molecule has 20 heavy (non-hydrogen) atoms. The van der Waals surface area contributed by atoms with Crippen LogP contribution in [0.1, 0.15) is 6.92 Å². The van der Waals surface area contributed by atoms with Crippen molar-refractivity contribution in [2.75, 3.05) is 5.75 Å². The Morgan fingerprint density at radius 3 is 2.55 bits per heavy atom. The van der Waals surface area contributed by atoms with Gasteiger partial charge in [0.2, 0.25) is 0 Å². The van der Waals surface area contributed by atoms with Gasteiger partial charge in [0.25, 0.3) is 0 Å². The Bertz CT molecular complexity index is 729. The highest BCUT2D eigenvalue weighted by Crippen LogP contribution is 2.28. The van der Waals surface area contributed by atoms with Crippen molar-refractivity contribution in [1.29, 1.82) is 0 Å². The van der Waals surface area contributed by atoms with Crippen molar-refractivity contribution < 1.29 is 17.5 Å². The number of ether oxygens (including phenoxy) is 1. The van der Waals surface area contributed by atoms with E-state index in [1.807, 2.05) is 0 Å². The van der Waals surface area contributed by atoms with Gasteiger partial charge in [0.15, 0.2) is 21.4 Å². The van der Waals surface area contributed by atoms with Crippen LogP contribution in [0.15, 0.2) is 47.4 Å². The topological polar surface area (TPSA) is 43.4 Å². The first-order valence-corrected chi connectivity index (χ1v) is 7.91. The Morgan fingerprint density at radius 2 is 1.95 bits per heavy atom. The summed E-state index contributed by atoms with van der Waals surface area (Å²) in [6, 6.07) is 10.1. The fourth-order valence-corrected chi connectivity index (χ4v) is 2.65. The van der Waals surface area contributed by atoms with Gasteiger partial charge in [0.1, 0.15) is 5.75 Å². The average molecular weight is 315 g/mol. The van der Waals surface area contributed by atoms with Gasteiger partial charge in [-0.25, -0.2) is 12.8 Å². The molecule has 2 aromatic rings. The Hall–Kier alpha value is -1.59. The van der Waals surface area contributed by atoms with E-state index in [0.29, 0.717) is 10.8 Å². The molecule has 0 spiro atoms. The van der Waals surface area contributed by atoms with Gasteiger partial charge in [-0.15, -0.1) is 0 Å². The summed E-state index contributed by atoms with van der Waals surface area (Å²) >= 11 is 5.80. The highest BCUT2D eigenvalue weighted by molar-refractivity contribution is 7.91. The lowest BCUT2D eigenvalue weighted by molar-refractivity contribution is 0.441. The van der Waals surface area contributed by atoms with Crippen LogP contribution in [0.25, 0.3) is 0 Å². The second-order valence-corrected chi connectivity index (χ2v) is 6.77. The van der Waals surface area contributed by atoms with Crippen molar-refractivity contribution in [3.63, 3.8) is 0 Å². The highest BCUT2D eigenvalue weighted by atomic mass is 35.5. The summed E-state index contributed by atoms with van der Waals surface area (Å²) in [5, 5.41) is 0.466. The van der Waals surface area contributed by atoms with Crippen molar-refractivity contribution in [2.24, 2.45) is 0 Å². The molecule has 106 valence electrons. The summed E-state index contributed by atoms with van der Waals surface area (Å²) in [6.07, 6.45) is 0. The third-order valence-electron chi connectivity index (χ3n) is 2.67. The van der Waals surface area contributed by atoms with Gasteiger partial charge in [-0.3, -0.25) is 0 Å². The smallest absolute Gasteiger partial charge is 0.178 e. The number of benzene rings is 2. The van der Waals surface area contributed by atoms with Crippen molar-refractivity contribution in [2.45, 2.75) is 11.8 Å². The van der Waals surface area contributed by atoms with Crippen molar-refractivity contribution in [3.8, 4) is 11.5 Å². The van der Waals surface area contributed by atoms with E-state index in [4.69, 9.17) is 16.3 Å². The number of hydrogen-bond acceptors (Lipinski definition) is 3. The molecule has 2 aromatic carbocycles. The van der Waals surface area contributed by atoms with Crippen LogP contribution in [0.4, 0.5) is 4.39 Å². The first kappa shape index (κ1) is 14.8. The first-order chi connectivity index (χ1) is 9.42. The Balaban J connectivity index is 2.31. The molecule has 0 radical (unpaired) electrons. The maximum atomic E-state index is 13.9. The van der Waals surface area contributed by atoms with E-state index >= 15 is 0 Å². The number of sulfone groups is 1. The standard InChI is InChI=1S/C14H12ClFO3S/c1-2-20(17,18)12-6-7-14(13(16)9-12)19-11-5-3-4-10(15)8-11/h3-9H,2H2,1H3. The minimum absolute atomic E-state index is 0.0534. The summed E-state index contributed by atoms with van der Waals surface area (Å²) in [5.41, 5.74) is 0. The first-order valence-electron chi connectivity index (χ1n) is 5.88. The van der Waals surface area contributed by atoms with Crippen LogP contribution in [-0.2, 0) is 9.84 Å². The molecule has 0 heterocycles. The quantitative estimate of drug-likeness (QED) is 0.854. The van der Waals surface area contributed by atoms with E-state index in [0.717, 1.165) is 6.07 Å². The van der Waals surface area contributed by atoms with E-state index in [1.165, 1.54) is 25.1 Å². The maximum Gasteiger partial charge on any atom is 0.178 e. The van der Waals surface area contributed by atoms with Gasteiger partial charge in [0, 0.05) is 5.02 Å². The number of rotatable bonds is 4. The molecular formula is C14H12ClFO3S. The minimum atomic E-state index is -3.43. The van der Waals surface area contributed by atoms with Crippen LogP contribution in [-0.4, -0.2) is 14.2 Å². The second kappa shape index (κ2) is 5.81. The molecule has 0 aliphatic heterocycles. The van der Waals surface area contributed by atoms with Crippen LogP contribution < -0.4 is 4.74 Å². The fourth-order valence-electron chi connectivity index (χ4n) is 1.58. The molecule has 0 saturated heterocycles.